The highest BCUT2D eigenvalue weighted by molar-refractivity contribution is 7.99. The number of rotatable bonds is 3. The van der Waals surface area contributed by atoms with Crippen LogP contribution in [0.5, 0.6) is 0 Å². The van der Waals surface area contributed by atoms with Crippen molar-refractivity contribution in [3.05, 3.63) is 29.8 Å². The van der Waals surface area contributed by atoms with Crippen LogP contribution < -0.4 is 11.3 Å². The third kappa shape index (κ3) is 2.73. The SMILES string of the molecule is CN(C(=O)c1ccc(NN)cc1)C1CCSC1. The summed E-state index contributed by atoms with van der Waals surface area (Å²) in [4.78, 5) is 14.0. The van der Waals surface area contributed by atoms with E-state index in [0.717, 1.165) is 23.6 Å². The summed E-state index contributed by atoms with van der Waals surface area (Å²) in [6, 6.07) is 7.60. The lowest BCUT2D eigenvalue weighted by atomic mass is 10.1. The zero-order valence-electron chi connectivity index (χ0n) is 9.85. The number of anilines is 1. The van der Waals surface area contributed by atoms with E-state index in [1.54, 1.807) is 12.1 Å². The molecule has 0 saturated carbocycles. The average Bonchev–Trinajstić information content (AvgIpc) is 2.91. The van der Waals surface area contributed by atoms with Crippen LogP contribution in [-0.2, 0) is 0 Å². The van der Waals surface area contributed by atoms with E-state index in [1.165, 1.54) is 0 Å². The van der Waals surface area contributed by atoms with Gasteiger partial charge in [0.15, 0.2) is 0 Å². The number of nitrogens with two attached hydrogens (primary N) is 1. The lowest BCUT2D eigenvalue weighted by Gasteiger charge is -2.23. The number of thioether (sulfide) groups is 1. The summed E-state index contributed by atoms with van der Waals surface area (Å²) in [5.74, 6) is 7.57. The molecular weight excluding hydrogens is 234 g/mol. The summed E-state index contributed by atoms with van der Waals surface area (Å²) in [5, 5.41) is 0. The number of nitrogens with one attached hydrogen (secondary N) is 1. The topological polar surface area (TPSA) is 58.4 Å². The van der Waals surface area contributed by atoms with Crippen LogP contribution in [0.2, 0.25) is 0 Å². The van der Waals surface area contributed by atoms with Gasteiger partial charge in [-0.15, -0.1) is 0 Å². The van der Waals surface area contributed by atoms with Gasteiger partial charge in [0, 0.05) is 30.1 Å². The summed E-state index contributed by atoms with van der Waals surface area (Å²) >= 11 is 1.91. The van der Waals surface area contributed by atoms with Crippen molar-refractivity contribution >= 4 is 23.4 Å². The van der Waals surface area contributed by atoms with E-state index in [-0.39, 0.29) is 5.91 Å². The fourth-order valence-electron chi connectivity index (χ4n) is 1.91. The molecule has 17 heavy (non-hydrogen) atoms. The van der Waals surface area contributed by atoms with E-state index >= 15 is 0 Å². The first-order chi connectivity index (χ1) is 8.22. The van der Waals surface area contributed by atoms with Gasteiger partial charge in [0.25, 0.3) is 5.91 Å². The van der Waals surface area contributed by atoms with Crippen LogP contribution in [-0.4, -0.2) is 35.4 Å². The average molecular weight is 251 g/mol. The lowest BCUT2D eigenvalue weighted by molar-refractivity contribution is 0.0748. The van der Waals surface area contributed by atoms with Gasteiger partial charge >= 0.3 is 0 Å². The Balaban J connectivity index is 2.07. The molecule has 1 unspecified atom stereocenters. The third-order valence-corrected chi connectivity index (χ3v) is 4.22. The molecule has 1 amide bonds. The highest BCUT2D eigenvalue weighted by atomic mass is 32.2. The number of hydrogen-bond donors (Lipinski definition) is 2. The highest BCUT2D eigenvalue weighted by Gasteiger charge is 2.24. The minimum atomic E-state index is 0.0843. The molecular formula is C12H17N3OS. The maximum atomic E-state index is 12.2. The molecule has 0 radical (unpaired) electrons. The molecule has 0 aliphatic carbocycles. The largest absolute Gasteiger partial charge is 0.338 e. The molecule has 1 atom stereocenters. The Bertz CT molecular complexity index is 387. The lowest BCUT2D eigenvalue weighted by Crippen LogP contribution is -2.36. The molecule has 1 heterocycles. The van der Waals surface area contributed by atoms with E-state index in [9.17, 15) is 4.79 Å². The van der Waals surface area contributed by atoms with E-state index in [1.807, 2.05) is 35.8 Å². The molecule has 1 fully saturated rings. The number of hydrazine groups is 1. The number of nitrogens with zero attached hydrogens (tertiary/aromatic N) is 1. The molecule has 0 aromatic heterocycles. The van der Waals surface area contributed by atoms with Crippen molar-refractivity contribution in [2.45, 2.75) is 12.5 Å². The molecule has 0 spiro atoms. The van der Waals surface area contributed by atoms with Gasteiger partial charge in [0.1, 0.15) is 0 Å². The number of nitrogen functional groups attached to an aromatic ring is 1. The zero-order chi connectivity index (χ0) is 12.3. The van der Waals surface area contributed by atoms with Crippen LogP contribution in [0.15, 0.2) is 24.3 Å². The maximum Gasteiger partial charge on any atom is 0.253 e. The first kappa shape index (κ1) is 12.3. The molecule has 1 aromatic carbocycles. The van der Waals surface area contributed by atoms with Crippen LogP contribution in [0.3, 0.4) is 0 Å². The molecule has 1 aromatic rings. The van der Waals surface area contributed by atoms with E-state index in [4.69, 9.17) is 5.84 Å². The first-order valence-electron chi connectivity index (χ1n) is 5.64. The van der Waals surface area contributed by atoms with Crippen molar-refractivity contribution in [1.82, 2.24) is 4.90 Å². The van der Waals surface area contributed by atoms with Crippen molar-refractivity contribution < 1.29 is 4.79 Å². The number of carbonyl (C=O) groups is 1. The quantitative estimate of drug-likeness (QED) is 0.632. The predicted molar refractivity (Wildman–Crippen MR) is 72.1 cm³/mol. The molecule has 2 rings (SSSR count). The molecule has 0 bridgehead atoms. The second-order valence-corrected chi connectivity index (χ2v) is 5.30. The fourth-order valence-corrected chi connectivity index (χ4v) is 3.17. The van der Waals surface area contributed by atoms with Crippen molar-refractivity contribution in [2.24, 2.45) is 5.84 Å². The Morgan fingerprint density at radius 1 is 1.47 bits per heavy atom. The minimum Gasteiger partial charge on any atom is -0.338 e. The standard InChI is InChI=1S/C12H17N3OS/c1-15(11-6-7-17-8-11)12(16)9-2-4-10(14-13)5-3-9/h2-5,11,14H,6-8,13H2,1H3. The van der Waals surface area contributed by atoms with E-state index in [2.05, 4.69) is 5.43 Å². The summed E-state index contributed by atoms with van der Waals surface area (Å²) < 4.78 is 0. The smallest absolute Gasteiger partial charge is 0.253 e. The summed E-state index contributed by atoms with van der Waals surface area (Å²) in [6.07, 6.45) is 1.09. The Labute approximate surface area is 106 Å². The van der Waals surface area contributed by atoms with Gasteiger partial charge in [-0.25, -0.2) is 0 Å². The van der Waals surface area contributed by atoms with Crippen molar-refractivity contribution in [1.29, 1.82) is 0 Å². The molecule has 1 aliphatic heterocycles. The molecule has 4 nitrogen and oxygen atoms in total. The van der Waals surface area contributed by atoms with Gasteiger partial charge in [-0.1, -0.05) is 0 Å². The van der Waals surface area contributed by atoms with Crippen molar-refractivity contribution in [3.63, 3.8) is 0 Å². The number of benzene rings is 1. The fraction of sp³-hybridized carbons (Fsp3) is 0.417. The van der Waals surface area contributed by atoms with Gasteiger partial charge in [-0.3, -0.25) is 10.6 Å². The van der Waals surface area contributed by atoms with Crippen LogP contribution >= 0.6 is 11.8 Å². The van der Waals surface area contributed by atoms with Crippen molar-refractivity contribution in [3.8, 4) is 0 Å². The normalized spacial score (nSPS) is 19.1. The second kappa shape index (κ2) is 5.42. The van der Waals surface area contributed by atoms with Gasteiger partial charge in [0.05, 0.1) is 0 Å². The van der Waals surface area contributed by atoms with Gasteiger partial charge in [-0.2, -0.15) is 11.8 Å². The van der Waals surface area contributed by atoms with Gasteiger partial charge in [0.2, 0.25) is 0 Å². The second-order valence-electron chi connectivity index (χ2n) is 4.16. The number of hydrogen-bond acceptors (Lipinski definition) is 4. The van der Waals surface area contributed by atoms with Crippen molar-refractivity contribution in [2.75, 3.05) is 24.0 Å². The third-order valence-electron chi connectivity index (χ3n) is 3.07. The zero-order valence-corrected chi connectivity index (χ0v) is 10.7. The molecule has 1 saturated heterocycles. The summed E-state index contributed by atoms with van der Waals surface area (Å²) in [5.41, 5.74) is 4.07. The predicted octanol–water partition coefficient (Wildman–Crippen LogP) is 1.55. The van der Waals surface area contributed by atoms with Crippen LogP contribution in [0.4, 0.5) is 5.69 Å². The van der Waals surface area contributed by atoms with E-state index in [0.29, 0.717) is 11.6 Å². The molecule has 92 valence electrons. The summed E-state index contributed by atoms with van der Waals surface area (Å²) in [7, 11) is 1.88. The molecule has 5 heteroatoms. The molecule has 3 N–H and O–H groups in total. The maximum absolute atomic E-state index is 12.2. The Kier molecular flexibility index (Phi) is 3.91. The van der Waals surface area contributed by atoms with Gasteiger partial charge < -0.3 is 10.3 Å². The Morgan fingerprint density at radius 3 is 2.71 bits per heavy atom. The van der Waals surface area contributed by atoms with Crippen LogP contribution in [0, 0.1) is 0 Å². The summed E-state index contributed by atoms with van der Waals surface area (Å²) in [6.45, 7) is 0. The van der Waals surface area contributed by atoms with Crippen LogP contribution in [0.1, 0.15) is 16.8 Å². The Morgan fingerprint density at radius 2 is 2.18 bits per heavy atom. The Hall–Kier alpha value is -1.20. The van der Waals surface area contributed by atoms with Crippen LogP contribution in [0.25, 0.3) is 0 Å². The number of amides is 1. The monoisotopic (exact) mass is 251 g/mol. The molecule has 1 aliphatic rings. The first-order valence-corrected chi connectivity index (χ1v) is 6.79. The number of carbonyl (C=O) groups excluding carboxylic acids is 1. The van der Waals surface area contributed by atoms with E-state index < -0.39 is 0 Å². The van der Waals surface area contributed by atoms with Gasteiger partial charge in [-0.05, 0) is 36.4 Å². The highest BCUT2D eigenvalue weighted by Crippen LogP contribution is 2.22. The minimum absolute atomic E-state index is 0.0843.